The molecule has 0 bridgehead atoms. The number of nitrogens with one attached hydrogen (secondary N) is 2. The van der Waals surface area contributed by atoms with Gasteiger partial charge in [0, 0.05) is 24.4 Å². The number of alkyl halides is 3. The number of amides is 1. The van der Waals surface area contributed by atoms with Crippen LogP contribution in [0.1, 0.15) is 27.3 Å². The van der Waals surface area contributed by atoms with Crippen molar-refractivity contribution in [3.05, 3.63) is 91.6 Å². The van der Waals surface area contributed by atoms with Crippen molar-refractivity contribution in [3.8, 4) is 0 Å². The molecule has 0 saturated carbocycles. The lowest BCUT2D eigenvalue weighted by atomic mass is 10.0. The summed E-state index contributed by atoms with van der Waals surface area (Å²) < 4.78 is 55.2. The molecular weight excluding hydrogens is 551 g/mol. The number of aromatic nitrogens is 4. The minimum Gasteiger partial charge on any atom is -0.332 e. The zero-order valence-electron chi connectivity index (χ0n) is 19.5. The maximum Gasteiger partial charge on any atom is 0.449 e. The number of fused-ring (bicyclic) bond motifs is 1. The van der Waals surface area contributed by atoms with Crippen LogP contribution in [0.3, 0.4) is 0 Å². The second-order valence-electron chi connectivity index (χ2n) is 8.68. The number of benzene rings is 1. The van der Waals surface area contributed by atoms with Gasteiger partial charge >= 0.3 is 12.1 Å². The number of hydrogen-bond donors (Lipinski definition) is 1. The number of rotatable bonds is 4. The highest BCUT2D eigenvalue weighted by molar-refractivity contribution is 6.42. The molecule has 0 atom stereocenters. The summed E-state index contributed by atoms with van der Waals surface area (Å²) in [5, 5.41) is 0.364. The van der Waals surface area contributed by atoms with E-state index in [9.17, 15) is 27.2 Å². The van der Waals surface area contributed by atoms with Crippen LogP contribution >= 0.6 is 23.2 Å². The summed E-state index contributed by atoms with van der Waals surface area (Å²) in [4.78, 5) is 37.3. The fourth-order valence-electron chi connectivity index (χ4n) is 4.37. The topological polar surface area (TPSA) is 87.9 Å². The Kier molecular flexibility index (Phi) is 6.78. The summed E-state index contributed by atoms with van der Waals surface area (Å²) in [7, 11) is 0. The molecule has 4 heterocycles. The van der Waals surface area contributed by atoms with Gasteiger partial charge in [0.1, 0.15) is 16.5 Å². The maximum atomic E-state index is 14.7. The molecule has 1 saturated heterocycles. The number of piperazine rings is 1. The number of halogens is 6. The number of carbonyl (C=O) groups excluding carboxylic acids is 1. The first-order chi connectivity index (χ1) is 18.0. The molecule has 0 radical (unpaired) electrons. The van der Waals surface area contributed by atoms with Crippen LogP contribution in [-0.4, -0.2) is 51.4 Å². The van der Waals surface area contributed by atoms with Gasteiger partial charge in [-0.1, -0.05) is 34.3 Å². The first kappa shape index (κ1) is 26.0. The van der Waals surface area contributed by atoms with E-state index in [4.69, 9.17) is 23.2 Å². The Morgan fingerprint density at radius 3 is 2.55 bits per heavy atom. The van der Waals surface area contributed by atoms with E-state index in [0.29, 0.717) is 11.3 Å². The lowest BCUT2D eigenvalue weighted by molar-refractivity contribution is -0.369. The van der Waals surface area contributed by atoms with Crippen molar-refractivity contribution < 1.29 is 27.3 Å². The van der Waals surface area contributed by atoms with Crippen LogP contribution in [0.5, 0.6) is 0 Å². The first-order valence-electron chi connectivity index (χ1n) is 11.4. The lowest BCUT2D eigenvalue weighted by Crippen LogP contribution is -2.50. The molecule has 1 aliphatic heterocycles. The number of hydrogen-bond acceptors (Lipinski definition) is 4. The normalized spacial score (nSPS) is 14.4. The summed E-state index contributed by atoms with van der Waals surface area (Å²) in [5.41, 5.74) is -0.134. The van der Waals surface area contributed by atoms with Gasteiger partial charge in [-0.25, -0.2) is 9.37 Å². The minimum atomic E-state index is -4.58. The highest BCUT2D eigenvalue weighted by Crippen LogP contribution is 2.28. The van der Waals surface area contributed by atoms with E-state index in [-0.39, 0.29) is 65.4 Å². The fraction of sp³-hybridized carbons (Fsp3) is 0.250. The second kappa shape index (κ2) is 9.91. The van der Waals surface area contributed by atoms with Crippen LogP contribution in [-0.2, 0) is 12.6 Å². The number of anilines is 1. The fourth-order valence-corrected chi connectivity index (χ4v) is 4.81. The lowest BCUT2D eigenvalue weighted by Gasteiger charge is -2.31. The van der Waals surface area contributed by atoms with Crippen LogP contribution in [0.2, 0.25) is 10.2 Å². The largest absolute Gasteiger partial charge is 0.449 e. The number of carbonyl (C=O) groups is 1. The predicted molar refractivity (Wildman–Crippen MR) is 131 cm³/mol. The van der Waals surface area contributed by atoms with Gasteiger partial charge in [0.05, 0.1) is 43.0 Å². The summed E-state index contributed by atoms with van der Waals surface area (Å²) >= 11 is 12.4. The van der Waals surface area contributed by atoms with E-state index >= 15 is 0 Å². The molecule has 4 aromatic rings. The summed E-state index contributed by atoms with van der Waals surface area (Å²) in [6.45, 7) is 0.735. The molecule has 5 rings (SSSR count). The van der Waals surface area contributed by atoms with Crippen LogP contribution < -0.4 is 15.4 Å². The Labute approximate surface area is 222 Å². The van der Waals surface area contributed by atoms with E-state index in [0.717, 1.165) is 12.3 Å². The van der Waals surface area contributed by atoms with Gasteiger partial charge < -0.3 is 9.88 Å². The average molecular weight is 570 g/mol. The molecule has 0 unspecified atom stereocenters. The smallest absolute Gasteiger partial charge is 0.332 e. The molecule has 0 aliphatic carbocycles. The third kappa shape index (κ3) is 4.93. The zero-order chi connectivity index (χ0) is 27.2. The summed E-state index contributed by atoms with van der Waals surface area (Å²) in [6.07, 6.45) is -1.73. The maximum absolute atomic E-state index is 14.7. The van der Waals surface area contributed by atoms with Gasteiger partial charge in [0.15, 0.2) is 0 Å². The monoisotopic (exact) mass is 569 g/mol. The van der Waals surface area contributed by atoms with Gasteiger partial charge in [-0.2, -0.15) is 13.2 Å². The molecule has 2 N–H and O–H groups in total. The van der Waals surface area contributed by atoms with Crippen molar-refractivity contribution in [2.75, 3.05) is 31.1 Å². The molecule has 8 nitrogen and oxygen atoms in total. The molecule has 1 amide bonds. The van der Waals surface area contributed by atoms with Gasteiger partial charge in [0.25, 0.3) is 11.5 Å². The standard InChI is InChI=1S/C24H18Cl2F4N6O2/c25-16-11-18-21(37)32-12-14(36(18)20(16)26)9-13-1-2-17(27)15(10-13)22(38)34-5-7-35(8-6-34)23-31-4-3-19(33-23)24(28,29)30/h1-4,10-12H,5-9H2,(H,32,37)/p+1. The summed E-state index contributed by atoms with van der Waals surface area (Å²) in [5.74, 6) is -1.21. The molecule has 3 aromatic heterocycles. The van der Waals surface area contributed by atoms with Gasteiger partial charge in [-0.05, 0) is 23.8 Å². The third-order valence-electron chi connectivity index (χ3n) is 6.27. The van der Waals surface area contributed by atoms with Crippen LogP contribution in [0, 0.1) is 5.82 Å². The first-order valence-corrected chi connectivity index (χ1v) is 12.1. The highest BCUT2D eigenvalue weighted by atomic mass is 35.5. The minimum absolute atomic E-state index is 0.0381. The molecule has 14 heteroatoms. The van der Waals surface area contributed by atoms with Crippen molar-refractivity contribution in [2.45, 2.75) is 12.6 Å². The zero-order valence-corrected chi connectivity index (χ0v) is 21.0. The second-order valence-corrected chi connectivity index (χ2v) is 9.44. The Balaban J connectivity index is 1.33. The summed E-state index contributed by atoms with van der Waals surface area (Å²) in [6, 6.07) is 6.43. The molecule has 1 aromatic carbocycles. The highest BCUT2D eigenvalue weighted by Gasteiger charge is 2.38. The van der Waals surface area contributed by atoms with Crippen LogP contribution in [0.25, 0.3) is 5.52 Å². The van der Waals surface area contributed by atoms with Crippen molar-refractivity contribution in [3.63, 3.8) is 0 Å². The molecule has 1 fully saturated rings. The van der Waals surface area contributed by atoms with Crippen molar-refractivity contribution >= 4 is 40.6 Å². The van der Waals surface area contributed by atoms with Gasteiger partial charge in [-0.15, -0.1) is 0 Å². The van der Waals surface area contributed by atoms with E-state index in [1.54, 1.807) is 4.90 Å². The van der Waals surface area contributed by atoms with E-state index in [1.807, 2.05) is 0 Å². The Morgan fingerprint density at radius 2 is 1.84 bits per heavy atom. The predicted octanol–water partition coefficient (Wildman–Crippen LogP) is 3.85. The van der Waals surface area contributed by atoms with Crippen molar-refractivity contribution in [1.82, 2.24) is 19.3 Å². The number of H-pyrrole nitrogens is 2. The van der Waals surface area contributed by atoms with Crippen LogP contribution in [0.4, 0.5) is 23.5 Å². The Hall–Kier alpha value is -3.64. The molecule has 38 heavy (non-hydrogen) atoms. The van der Waals surface area contributed by atoms with Crippen molar-refractivity contribution in [2.24, 2.45) is 0 Å². The third-order valence-corrected chi connectivity index (χ3v) is 7.03. The average Bonchev–Trinajstić information content (AvgIpc) is 3.21. The van der Waals surface area contributed by atoms with Crippen LogP contribution in [0.15, 0.2) is 47.5 Å². The Bertz CT molecular complexity index is 1600. The molecule has 1 aliphatic rings. The SMILES string of the molecule is O=C(c1cc(Cc2c[nH]c(=O)c3cc(Cl)c(Cl)n23)ccc1F)N1CCN(c2nc(C(F)(F)F)cc[nH+]2)CC1. The van der Waals surface area contributed by atoms with Crippen molar-refractivity contribution in [1.29, 1.82) is 0 Å². The molecular formula is C24H19Cl2F4N6O2+. The number of aromatic amines is 2. The van der Waals surface area contributed by atoms with E-state index < -0.39 is 23.6 Å². The Morgan fingerprint density at radius 1 is 1.11 bits per heavy atom. The number of nitrogens with zero attached hydrogens (tertiary/aromatic N) is 4. The van der Waals surface area contributed by atoms with Gasteiger partial charge in [0.2, 0.25) is 5.69 Å². The molecule has 0 spiro atoms. The quantitative estimate of drug-likeness (QED) is 0.378. The van der Waals surface area contributed by atoms with E-state index in [2.05, 4.69) is 15.0 Å². The molecule has 198 valence electrons. The van der Waals surface area contributed by atoms with E-state index in [1.165, 1.54) is 39.8 Å². The van der Waals surface area contributed by atoms with Gasteiger partial charge in [-0.3, -0.25) is 18.9 Å².